The lowest BCUT2D eigenvalue weighted by Gasteiger charge is -2.39. The standard InChI is InChI=1S/C33H45N3O6/c1-2-20-36(28-8-6-7-9-28)22-29-21-30(25-14-12-24(23-37)13-15-25)42-33(41-29)26-16-18-27(19-17-26)34-31(38)10-4-3-5-11-32(39)35-40/h2,12-19,28-30,33,37,40H,1,3-11,20-23H2,(H,34,38)(H,35,39)/t29-,30+,33+/m0/s1. The SMILES string of the molecule is C=CCN(C[C@@H]1C[C@H](c2ccc(CO)cc2)O[C@H](c2ccc(NC(=O)CCCCCC(=O)NO)cc2)O1)C1CCCC1. The topological polar surface area (TPSA) is 120 Å². The molecule has 1 aliphatic carbocycles. The van der Waals surface area contributed by atoms with Gasteiger partial charge < -0.3 is 19.9 Å². The lowest BCUT2D eigenvalue weighted by Crippen LogP contribution is -2.43. The Kier molecular flexibility index (Phi) is 12.5. The molecule has 42 heavy (non-hydrogen) atoms. The van der Waals surface area contributed by atoms with E-state index in [1.165, 1.54) is 25.7 Å². The Bertz CT molecular complexity index is 1130. The van der Waals surface area contributed by atoms with E-state index in [1.807, 2.05) is 54.6 Å². The molecule has 1 saturated heterocycles. The second-order valence-corrected chi connectivity index (χ2v) is 11.3. The highest BCUT2D eigenvalue weighted by Crippen LogP contribution is 2.39. The van der Waals surface area contributed by atoms with Gasteiger partial charge in [0, 0.05) is 49.6 Å². The number of hydrogen-bond donors (Lipinski definition) is 4. The van der Waals surface area contributed by atoms with E-state index < -0.39 is 12.2 Å². The Hall–Kier alpha value is -3.08. The summed E-state index contributed by atoms with van der Waals surface area (Å²) < 4.78 is 13.1. The van der Waals surface area contributed by atoms with Crippen LogP contribution in [0.5, 0.6) is 0 Å². The molecule has 2 aliphatic rings. The van der Waals surface area contributed by atoms with Crippen molar-refractivity contribution >= 4 is 17.5 Å². The van der Waals surface area contributed by atoms with Crippen molar-refractivity contribution in [3.8, 4) is 0 Å². The van der Waals surface area contributed by atoms with Crippen molar-refractivity contribution in [3.05, 3.63) is 77.9 Å². The summed E-state index contributed by atoms with van der Waals surface area (Å²) in [4.78, 5) is 26.0. The number of carbonyl (C=O) groups is 2. The summed E-state index contributed by atoms with van der Waals surface area (Å²) in [5.74, 6) is -0.495. The van der Waals surface area contributed by atoms with Gasteiger partial charge >= 0.3 is 0 Å². The minimum Gasteiger partial charge on any atom is -0.392 e. The van der Waals surface area contributed by atoms with Crippen molar-refractivity contribution in [2.45, 2.75) is 95.4 Å². The number of aliphatic hydroxyl groups is 1. The monoisotopic (exact) mass is 579 g/mol. The molecule has 9 heteroatoms. The van der Waals surface area contributed by atoms with Crippen LogP contribution in [0.1, 0.15) is 93.3 Å². The molecule has 2 aromatic rings. The number of hydroxylamine groups is 1. The summed E-state index contributed by atoms with van der Waals surface area (Å²) in [5.41, 5.74) is 5.12. The first-order valence-electron chi connectivity index (χ1n) is 15.2. The minimum absolute atomic E-state index is 0.00427. The molecular weight excluding hydrogens is 534 g/mol. The fraction of sp³-hybridized carbons (Fsp3) is 0.515. The quantitative estimate of drug-likeness (QED) is 0.0945. The smallest absolute Gasteiger partial charge is 0.243 e. The summed E-state index contributed by atoms with van der Waals surface area (Å²) >= 11 is 0. The highest BCUT2D eigenvalue weighted by molar-refractivity contribution is 5.90. The van der Waals surface area contributed by atoms with Crippen LogP contribution in [-0.4, -0.2) is 52.3 Å². The lowest BCUT2D eigenvalue weighted by molar-refractivity contribution is -0.253. The molecule has 0 bridgehead atoms. The summed E-state index contributed by atoms with van der Waals surface area (Å²) in [6.07, 6.45) is 9.53. The Morgan fingerprint density at radius 2 is 1.60 bits per heavy atom. The van der Waals surface area contributed by atoms with Crippen LogP contribution in [-0.2, 0) is 25.7 Å². The second kappa shape index (κ2) is 16.5. The van der Waals surface area contributed by atoms with Gasteiger partial charge in [-0.1, -0.05) is 61.7 Å². The molecule has 2 aromatic carbocycles. The Labute approximate surface area is 248 Å². The first-order valence-corrected chi connectivity index (χ1v) is 15.2. The van der Waals surface area contributed by atoms with E-state index in [9.17, 15) is 14.7 Å². The van der Waals surface area contributed by atoms with Crippen molar-refractivity contribution in [3.63, 3.8) is 0 Å². The average molecular weight is 580 g/mol. The third-order valence-electron chi connectivity index (χ3n) is 8.16. The van der Waals surface area contributed by atoms with Crippen molar-refractivity contribution in [2.24, 2.45) is 0 Å². The van der Waals surface area contributed by atoms with Gasteiger partial charge in [0.15, 0.2) is 6.29 Å². The fourth-order valence-electron chi connectivity index (χ4n) is 5.85. The van der Waals surface area contributed by atoms with E-state index in [4.69, 9.17) is 14.7 Å². The van der Waals surface area contributed by atoms with Gasteiger partial charge in [-0.05, 0) is 48.9 Å². The van der Waals surface area contributed by atoms with Gasteiger partial charge in [-0.15, -0.1) is 6.58 Å². The minimum atomic E-state index is -0.554. The van der Waals surface area contributed by atoms with E-state index >= 15 is 0 Å². The number of aliphatic hydroxyl groups excluding tert-OH is 1. The number of anilines is 1. The van der Waals surface area contributed by atoms with Gasteiger partial charge in [-0.3, -0.25) is 19.7 Å². The zero-order chi connectivity index (χ0) is 29.7. The van der Waals surface area contributed by atoms with Crippen LogP contribution in [0.3, 0.4) is 0 Å². The first-order chi connectivity index (χ1) is 20.5. The lowest BCUT2D eigenvalue weighted by atomic mass is 9.99. The first kappa shape index (κ1) is 31.8. The molecule has 0 unspecified atom stereocenters. The van der Waals surface area contributed by atoms with E-state index in [1.54, 1.807) is 5.48 Å². The van der Waals surface area contributed by atoms with Gasteiger partial charge in [0.05, 0.1) is 18.8 Å². The third-order valence-corrected chi connectivity index (χ3v) is 8.16. The normalized spacial score (nSPS) is 20.9. The van der Waals surface area contributed by atoms with E-state index in [0.717, 1.165) is 42.6 Å². The maximum atomic E-state index is 12.4. The number of ether oxygens (including phenoxy) is 2. The molecule has 1 heterocycles. The highest BCUT2D eigenvalue weighted by atomic mass is 16.7. The van der Waals surface area contributed by atoms with Crippen molar-refractivity contribution < 1.29 is 29.4 Å². The van der Waals surface area contributed by atoms with Crippen LogP contribution in [0, 0.1) is 0 Å². The second-order valence-electron chi connectivity index (χ2n) is 11.3. The predicted octanol–water partition coefficient (Wildman–Crippen LogP) is 5.55. The molecule has 3 atom stereocenters. The predicted molar refractivity (Wildman–Crippen MR) is 161 cm³/mol. The van der Waals surface area contributed by atoms with Gasteiger partial charge in [-0.2, -0.15) is 0 Å². The van der Waals surface area contributed by atoms with Gasteiger partial charge in [0.25, 0.3) is 0 Å². The van der Waals surface area contributed by atoms with Crippen LogP contribution >= 0.6 is 0 Å². The molecular formula is C33H45N3O6. The number of benzene rings is 2. The Morgan fingerprint density at radius 3 is 2.24 bits per heavy atom. The zero-order valence-electron chi connectivity index (χ0n) is 24.4. The molecule has 9 nitrogen and oxygen atoms in total. The third kappa shape index (κ3) is 9.47. The average Bonchev–Trinajstić information content (AvgIpc) is 3.56. The maximum absolute atomic E-state index is 12.4. The fourth-order valence-corrected chi connectivity index (χ4v) is 5.85. The molecule has 1 saturated carbocycles. The number of nitrogens with zero attached hydrogens (tertiary/aromatic N) is 1. The van der Waals surface area contributed by atoms with Crippen LogP contribution in [0.25, 0.3) is 0 Å². The number of nitrogens with one attached hydrogen (secondary N) is 2. The van der Waals surface area contributed by atoms with Gasteiger partial charge in [-0.25, -0.2) is 5.48 Å². The molecule has 0 radical (unpaired) electrons. The van der Waals surface area contributed by atoms with E-state index in [0.29, 0.717) is 31.0 Å². The maximum Gasteiger partial charge on any atom is 0.243 e. The zero-order valence-corrected chi connectivity index (χ0v) is 24.4. The molecule has 1 aliphatic heterocycles. The largest absolute Gasteiger partial charge is 0.392 e. The van der Waals surface area contributed by atoms with Crippen LogP contribution in [0.4, 0.5) is 5.69 Å². The molecule has 2 fully saturated rings. The number of rotatable bonds is 15. The molecule has 0 aromatic heterocycles. The Morgan fingerprint density at radius 1 is 0.929 bits per heavy atom. The molecule has 2 amide bonds. The van der Waals surface area contributed by atoms with E-state index in [-0.39, 0.29) is 31.1 Å². The number of amides is 2. The van der Waals surface area contributed by atoms with Crippen molar-refractivity contribution in [2.75, 3.05) is 18.4 Å². The van der Waals surface area contributed by atoms with Crippen LogP contribution < -0.4 is 10.8 Å². The summed E-state index contributed by atoms with van der Waals surface area (Å²) in [6.45, 7) is 5.63. The summed E-state index contributed by atoms with van der Waals surface area (Å²) in [5, 5.41) is 21.0. The van der Waals surface area contributed by atoms with Crippen molar-refractivity contribution in [1.29, 1.82) is 0 Å². The van der Waals surface area contributed by atoms with Crippen molar-refractivity contribution in [1.82, 2.24) is 10.4 Å². The molecule has 228 valence electrons. The van der Waals surface area contributed by atoms with Crippen LogP contribution in [0.2, 0.25) is 0 Å². The molecule has 0 spiro atoms. The number of carbonyl (C=O) groups excluding carboxylic acids is 2. The molecule has 4 rings (SSSR count). The van der Waals surface area contributed by atoms with E-state index in [2.05, 4.69) is 16.8 Å². The summed E-state index contributed by atoms with van der Waals surface area (Å²) in [6, 6.07) is 16.1. The van der Waals surface area contributed by atoms with Crippen LogP contribution in [0.15, 0.2) is 61.2 Å². The summed E-state index contributed by atoms with van der Waals surface area (Å²) in [7, 11) is 0. The Balaban J connectivity index is 1.39. The highest BCUT2D eigenvalue weighted by Gasteiger charge is 2.34. The molecule has 4 N–H and O–H groups in total. The van der Waals surface area contributed by atoms with Gasteiger partial charge in [0.1, 0.15) is 0 Å². The van der Waals surface area contributed by atoms with Gasteiger partial charge in [0.2, 0.25) is 11.8 Å². The number of unbranched alkanes of at least 4 members (excludes halogenated alkanes) is 2. The number of hydrogen-bond acceptors (Lipinski definition) is 7.